The molecule has 2 heterocycles. The fourth-order valence-electron chi connectivity index (χ4n) is 8.46. The summed E-state index contributed by atoms with van der Waals surface area (Å²) in [4.78, 5) is 0. The Morgan fingerprint density at radius 3 is 1.35 bits per heavy atom. The van der Waals surface area contributed by atoms with Crippen molar-refractivity contribution >= 4 is 54.5 Å². The highest BCUT2D eigenvalue weighted by Gasteiger charge is 2.23. The quantitative estimate of drug-likeness (QED) is 0.168. The van der Waals surface area contributed by atoms with Gasteiger partial charge >= 0.3 is 0 Å². The highest BCUT2D eigenvalue weighted by molar-refractivity contribution is 6.25. The molecule has 0 amide bonds. The van der Waals surface area contributed by atoms with Gasteiger partial charge < -0.3 is 8.83 Å². The van der Waals surface area contributed by atoms with E-state index < -0.39 is 0 Å². The van der Waals surface area contributed by atoms with Crippen molar-refractivity contribution in [1.82, 2.24) is 0 Å². The van der Waals surface area contributed by atoms with E-state index >= 15 is 0 Å². The number of furan rings is 2. The molecular formula is C52H32O2. The van der Waals surface area contributed by atoms with Gasteiger partial charge in [-0.25, -0.2) is 0 Å². The van der Waals surface area contributed by atoms with Crippen molar-refractivity contribution in [1.29, 1.82) is 0 Å². The summed E-state index contributed by atoms with van der Waals surface area (Å²) in [5.41, 5.74) is 12.9. The zero-order valence-electron chi connectivity index (χ0n) is 29.3. The summed E-state index contributed by atoms with van der Waals surface area (Å²) in [5.74, 6) is 0.863. The SMILES string of the molecule is c1ccc(-c2ccc(-c3c4ccccc4c(-c4cccc5c4oc4cc6oc(-c7ccccc7)c(-c7ccccc7)c6cc45)c4ccccc34)cc2)cc1. The van der Waals surface area contributed by atoms with Gasteiger partial charge in [0.2, 0.25) is 0 Å². The van der Waals surface area contributed by atoms with E-state index in [1.807, 2.05) is 6.07 Å². The molecule has 2 aromatic heterocycles. The van der Waals surface area contributed by atoms with E-state index in [1.165, 1.54) is 49.4 Å². The third-order valence-corrected chi connectivity index (χ3v) is 10.9. The third kappa shape index (κ3) is 4.74. The van der Waals surface area contributed by atoms with Crippen molar-refractivity contribution in [3.05, 3.63) is 194 Å². The number of benzene rings is 9. The largest absolute Gasteiger partial charge is 0.455 e. The predicted molar refractivity (Wildman–Crippen MR) is 226 cm³/mol. The zero-order chi connectivity index (χ0) is 35.6. The second-order valence-electron chi connectivity index (χ2n) is 14.0. The molecule has 2 heteroatoms. The average Bonchev–Trinajstić information content (AvgIpc) is 3.81. The Morgan fingerprint density at radius 1 is 0.259 bits per heavy atom. The first-order chi connectivity index (χ1) is 26.8. The fraction of sp³-hybridized carbons (Fsp3) is 0. The molecule has 2 nitrogen and oxygen atoms in total. The Bertz CT molecular complexity index is 3110. The third-order valence-electron chi connectivity index (χ3n) is 10.9. The molecule has 0 saturated carbocycles. The second kappa shape index (κ2) is 12.2. The van der Waals surface area contributed by atoms with Gasteiger partial charge in [0.25, 0.3) is 0 Å². The first-order valence-corrected chi connectivity index (χ1v) is 18.4. The van der Waals surface area contributed by atoms with Gasteiger partial charge in [0.15, 0.2) is 0 Å². The van der Waals surface area contributed by atoms with Crippen LogP contribution in [0.3, 0.4) is 0 Å². The molecule has 9 aromatic carbocycles. The van der Waals surface area contributed by atoms with Gasteiger partial charge in [0.05, 0.1) is 0 Å². The van der Waals surface area contributed by atoms with Crippen molar-refractivity contribution in [2.24, 2.45) is 0 Å². The minimum Gasteiger partial charge on any atom is -0.455 e. The van der Waals surface area contributed by atoms with Crippen LogP contribution in [-0.4, -0.2) is 0 Å². The fourth-order valence-corrected chi connectivity index (χ4v) is 8.46. The monoisotopic (exact) mass is 688 g/mol. The molecule has 0 unspecified atom stereocenters. The Kier molecular flexibility index (Phi) is 6.90. The van der Waals surface area contributed by atoms with Crippen LogP contribution in [0.5, 0.6) is 0 Å². The number of fused-ring (bicyclic) bond motifs is 6. The molecule has 11 rings (SSSR count). The van der Waals surface area contributed by atoms with E-state index in [4.69, 9.17) is 8.83 Å². The minimum atomic E-state index is 0.805. The Hall–Kier alpha value is -7.16. The van der Waals surface area contributed by atoms with Crippen LogP contribution >= 0.6 is 0 Å². The van der Waals surface area contributed by atoms with Gasteiger partial charge in [-0.1, -0.05) is 182 Å². The van der Waals surface area contributed by atoms with Crippen molar-refractivity contribution in [3.63, 3.8) is 0 Å². The molecule has 0 aliphatic rings. The first-order valence-electron chi connectivity index (χ1n) is 18.4. The van der Waals surface area contributed by atoms with Gasteiger partial charge in [-0.2, -0.15) is 0 Å². The van der Waals surface area contributed by atoms with Crippen LogP contribution in [0.15, 0.2) is 203 Å². The maximum Gasteiger partial charge on any atom is 0.143 e. The molecule has 252 valence electrons. The standard InChI is InChI=1S/C52H32O2/c1-4-15-33(16-5-1)34-27-29-36(30-28-34)48-38-21-10-12-23-40(38)50(41-24-13-11-22-39(41)48)43-26-14-25-42-44-31-45-47(32-46(44)54-52(42)43)53-51(37-19-8-3-9-20-37)49(45)35-17-6-2-7-18-35/h1-32H. The van der Waals surface area contributed by atoms with Gasteiger partial charge in [-0.05, 0) is 55.4 Å². The van der Waals surface area contributed by atoms with Crippen LogP contribution in [0, 0.1) is 0 Å². The maximum absolute atomic E-state index is 6.91. The molecule has 0 N–H and O–H groups in total. The van der Waals surface area contributed by atoms with Crippen molar-refractivity contribution in [2.45, 2.75) is 0 Å². The lowest BCUT2D eigenvalue weighted by atomic mass is 9.85. The summed E-state index contributed by atoms with van der Waals surface area (Å²) in [7, 11) is 0. The Morgan fingerprint density at radius 2 is 0.722 bits per heavy atom. The molecular weight excluding hydrogens is 657 g/mol. The van der Waals surface area contributed by atoms with Gasteiger partial charge in [-0.3, -0.25) is 0 Å². The predicted octanol–water partition coefficient (Wildman–Crippen LogP) is 15.0. The van der Waals surface area contributed by atoms with Crippen LogP contribution in [-0.2, 0) is 0 Å². The molecule has 0 radical (unpaired) electrons. The van der Waals surface area contributed by atoms with Crippen LogP contribution in [0.2, 0.25) is 0 Å². The Labute approximate surface area is 312 Å². The molecule has 0 aliphatic carbocycles. The van der Waals surface area contributed by atoms with E-state index in [9.17, 15) is 0 Å². The summed E-state index contributed by atoms with van der Waals surface area (Å²) in [5, 5.41) is 8.03. The van der Waals surface area contributed by atoms with Crippen LogP contribution in [0.1, 0.15) is 0 Å². The molecule has 0 fully saturated rings. The number of para-hydroxylation sites is 1. The summed E-state index contributed by atoms with van der Waals surface area (Å²) < 4.78 is 13.6. The van der Waals surface area contributed by atoms with Crippen LogP contribution in [0.4, 0.5) is 0 Å². The number of hydrogen-bond donors (Lipinski definition) is 0. The zero-order valence-corrected chi connectivity index (χ0v) is 29.3. The molecule has 54 heavy (non-hydrogen) atoms. The molecule has 11 aromatic rings. The van der Waals surface area contributed by atoms with Gasteiger partial charge in [0, 0.05) is 44.5 Å². The molecule has 0 spiro atoms. The number of hydrogen-bond acceptors (Lipinski definition) is 2. The smallest absolute Gasteiger partial charge is 0.143 e. The van der Waals surface area contributed by atoms with Crippen LogP contribution < -0.4 is 0 Å². The lowest BCUT2D eigenvalue weighted by Crippen LogP contribution is -1.91. The van der Waals surface area contributed by atoms with Gasteiger partial charge in [0.1, 0.15) is 22.5 Å². The summed E-state index contributed by atoms with van der Waals surface area (Å²) >= 11 is 0. The number of rotatable bonds is 5. The van der Waals surface area contributed by atoms with Crippen molar-refractivity contribution in [3.8, 4) is 55.8 Å². The molecule has 0 saturated heterocycles. The normalized spacial score (nSPS) is 11.7. The summed E-state index contributed by atoms with van der Waals surface area (Å²) in [6.07, 6.45) is 0. The van der Waals surface area contributed by atoms with E-state index in [2.05, 4.69) is 188 Å². The summed E-state index contributed by atoms with van der Waals surface area (Å²) in [6.45, 7) is 0. The average molecular weight is 689 g/mol. The van der Waals surface area contributed by atoms with Crippen molar-refractivity contribution < 1.29 is 8.83 Å². The highest BCUT2D eigenvalue weighted by atomic mass is 16.3. The lowest BCUT2D eigenvalue weighted by molar-refractivity contribution is 0.629. The highest BCUT2D eigenvalue weighted by Crippen LogP contribution is 2.48. The molecule has 0 aliphatic heterocycles. The summed E-state index contributed by atoms with van der Waals surface area (Å²) in [6, 6.07) is 69.0. The van der Waals surface area contributed by atoms with Crippen LogP contribution in [0.25, 0.3) is 110 Å². The van der Waals surface area contributed by atoms with E-state index in [-0.39, 0.29) is 0 Å². The van der Waals surface area contributed by atoms with Crippen molar-refractivity contribution in [2.75, 3.05) is 0 Å². The van der Waals surface area contributed by atoms with E-state index in [0.717, 1.165) is 60.9 Å². The molecule has 0 bridgehead atoms. The second-order valence-corrected chi connectivity index (χ2v) is 14.0. The van der Waals surface area contributed by atoms with E-state index in [0.29, 0.717) is 0 Å². The van der Waals surface area contributed by atoms with Gasteiger partial charge in [-0.15, -0.1) is 0 Å². The maximum atomic E-state index is 6.91. The molecule has 0 atom stereocenters. The topological polar surface area (TPSA) is 26.3 Å². The minimum absolute atomic E-state index is 0.805. The first kappa shape index (κ1) is 30.5. The Balaban J connectivity index is 1.15. The lowest BCUT2D eigenvalue weighted by Gasteiger charge is -2.18. The van der Waals surface area contributed by atoms with E-state index in [1.54, 1.807) is 0 Å².